The molecule has 0 saturated carbocycles. The predicted molar refractivity (Wildman–Crippen MR) is 66.7 cm³/mol. The summed E-state index contributed by atoms with van der Waals surface area (Å²) in [6.07, 6.45) is 1.98. The predicted octanol–water partition coefficient (Wildman–Crippen LogP) is 0.259. The van der Waals surface area contributed by atoms with Gasteiger partial charge >= 0.3 is 0 Å². The van der Waals surface area contributed by atoms with Crippen LogP contribution >= 0.6 is 0 Å². The van der Waals surface area contributed by atoms with Crippen LogP contribution in [0.25, 0.3) is 0 Å². The van der Waals surface area contributed by atoms with Crippen LogP contribution in [-0.4, -0.2) is 40.8 Å². The van der Waals surface area contributed by atoms with E-state index < -0.39 is 10.8 Å². The summed E-state index contributed by atoms with van der Waals surface area (Å²) in [6, 6.07) is 0.480. The van der Waals surface area contributed by atoms with Crippen molar-refractivity contribution >= 4 is 16.7 Å². The molecule has 1 aliphatic rings. The molecule has 0 aromatic carbocycles. The second kappa shape index (κ2) is 7.01. The largest absolute Gasteiger partial charge is 0.355 e. The highest BCUT2D eigenvalue weighted by Gasteiger charge is 2.16. The zero-order valence-corrected chi connectivity index (χ0v) is 10.9. The van der Waals surface area contributed by atoms with Crippen molar-refractivity contribution in [3.05, 3.63) is 0 Å². The van der Waals surface area contributed by atoms with Crippen LogP contribution in [0.3, 0.4) is 0 Å². The summed E-state index contributed by atoms with van der Waals surface area (Å²) in [5.74, 6) is 1.79. The molecule has 1 heterocycles. The Labute approximate surface area is 100 Å². The molecule has 0 atom stereocenters. The van der Waals surface area contributed by atoms with Gasteiger partial charge in [-0.15, -0.1) is 0 Å². The molecule has 16 heavy (non-hydrogen) atoms. The molecule has 1 saturated heterocycles. The van der Waals surface area contributed by atoms with Gasteiger partial charge in [0.05, 0.1) is 0 Å². The number of rotatable bonds is 5. The van der Waals surface area contributed by atoms with Gasteiger partial charge in [-0.2, -0.15) is 0 Å². The molecule has 0 unspecified atom stereocenters. The van der Waals surface area contributed by atoms with Crippen LogP contribution < -0.4 is 10.6 Å². The molecule has 94 valence electrons. The highest BCUT2D eigenvalue weighted by molar-refractivity contribution is 7.85. The van der Waals surface area contributed by atoms with E-state index in [0.29, 0.717) is 12.6 Å². The highest BCUT2D eigenvalue weighted by atomic mass is 32.2. The van der Waals surface area contributed by atoms with Crippen molar-refractivity contribution in [2.24, 2.45) is 5.92 Å². The number of nitrogens with one attached hydrogen (secondary N) is 2. The molecule has 0 aliphatic carbocycles. The summed E-state index contributed by atoms with van der Waals surface area (Å²) in [6.45, 7) is 5.25. The smallest absolute Gasteiger partial charge is 0.222 e. The van der Waals surface area contributed by atoms with Crippen molar-refractivity contribution in [1.82, 2.24) is 10.6 Å². The molecule has 1 amide bonds. The lowest BCUT2D eigenvalue weighted by atomic mass is 10.1. The van der Waals surface area contributed by atoms with Crippen molar-refractivity contribution in [3.63, 3.8) is 0 Å². The molecule has 0 aromatic rings. The van der Waals surface area contributed by atoms with Crippen LogP contribution in [0.2, 0.25) is 0 Å². The van der Waals surface area contributed by atoms with Gasteiger partial charge in [-0.05, 0) is 12.8 Å². The zero-order valence-electron chi connectivity index (χ0n) is 10.1. The zero-order chi connectivity index (χ0) is 12.0. The molecule has 1 rings (SSSR count). The first-order chi connectivity index (χ1) is 7.59. The van der Waals surface area contributed by atoms with Crippen LogP contribution in [-0.2, 0) is 15.6 Å². The maximum atomic E-state index is 11.3. The minimum Gasteiger partial charge on any atom is -0.355 e. The molecule has 4 nitrogen and oxygen atoms in total. The maximum absolute atomic E-state index is 11.3. The van der Waals surface area contributed by atoms with Crippen LogP contribution in [0.4, 0.5) is 0 Å². The van der Waals surface area contributed by atoms with Gasteiger partial charge in [-0.1, -0.05) is 13.8 Å². The Kier molecular flexibility index (Phi) is 5.98. The van der Waals surface area contributed by atoms with E-state index in [2.05, 4.69) is 10.6 Å². The Balaban J connectivity index is 2.03. The maximum Gasteiger partial charge on any atom is 0.222 e. The van der Waals surface area contributed by atoms with Gasteiger partial charge < -0.3 is 10.6 Å². The minimum absolute atomic E-state index is 0.0529. The summed E-state index contributed by atoms with van der Waals surface area (Å²) in [4.78, 5) is 11.3. The van der Waals surface area contributed by atoms with E-state index in [4.69, 9.17) is 0 Å². The quantitative estimate of drug-likeness (QED) is 0.684. The van der Waals surface area contributed by atoms with Gasteiger partial charge in [0.15, 0.2) is 0 Å². The summed E-state index contributed by atoms with van der Waals surface area (Å²) in [5.41, 5.74) is 0. The van der Waals surface area contributed by atoms with Crippen molar-refractivity contribution in [3.8, 4) is 0 Å². The first kappa shape index (κ1) is 13.6. The molecule has 0 aromatic heterocycles. The summed E-state index contributed by atoms with van der Waals surface area (Å²) < 4.78 is 11.1. The second-order valence-electron chi connectivity index (χ2n) is 4.52. The monoisotopic (exact) mass is 246 g/mol. The summed E-state index contributed by atoms with van der Waals surface area (Å²) in [7, 11) is -0.591. The minimum atomic E-state index is -0.591. The third-order valence-electron chi connectivity index (χ3n) is 2.77. The Morgan fingerprint density at radius 1 is 1.31 bits per heavy atom. The van der Waals surface area contributed by atoms with E-state index in [1.807, 2.05) is 13.8 Å². The van der Waals surface area contributed by atoms with Gasteiger partial charge in [0.25, 0.3) is 0 Å². The number of amides is 1. The Hall–Kier alpha value is -0.420. The highest BCUT2D eigenvalue weighted by Crippen LogP contribution is 2.08. The molecule has 1 fully saturated rings. The van der Waals surface area contributed by atoms with Crippen LogP contribution in [0, 0.1) is 5.92 Å². The number of hydrogen-bond acceptors (Lipinski definition) is 3. The van der Waals surface area contributed by atoms with E-state index in [9.17, 15) is 9.00 Å². The van der Waals surface area contributed by atoms with Crippen LogP contribution in [0.5, 0.6) is 0 Å². The first-order valence-corrected chi connectivity index (χ1v) is 7.44. The fourth-order valence-corrected chi connectivity index (χ4v) is 2.96. The van der Waals surface area contributed by atoms with E-state index in [-0.39, 0.29) is 11.8 Å². The average molecular weight is 246 g/mol. The molecular formula is C11H22N2O2S. The standard InChI is InChI=1S/C11H22N2O2S/c1-9(2)11(14)13-6-5-12-10-3-7-16(15)8-4-10/h9-10,12H,3-8H2,1-2H3,(H,13,14). The Bertz CT molecular complexity index is 246. The van der Waals surface area contributed by atoms with E-state index in [1.54, 1.807) is 0 Å². The van der Waals surface area contributed by atoms with E-state index in [1.165, 1.54) is 0 Å². The van der Waals surface area contributed by atoms with Crippen molar-refractivity contribution in [2.75, 3.05) is 24.6 Å². The number of carbonyl (C=O) groups is 1. The van der Waals surface area contributed by atoms with Gasteiger partial charge in [0, 0.05) is 47.4 Å². The number of carbonyl (C=O) groups excluding carboxylic acids is 1. The molecule has 0 bridgehead atoms. The summed E-state index contributed by atoms with van der Waals surface area (Å²) >= 11 is 0. The van der Waals surface area contributed by atoms with Crippen molar-refractivity contribution in [2.45, 2.75) is 32.7 Å². The molecule has 5 heteroatoms. The van der Waals surface area contributed by atoms with Gasteiger partial charge in [0.2, 0.25) is 5.91 Å². The lowest BCUT2D eigenvalue weighted by molar-refractivity contribution is -0.123. The van der Waals surface area contributed by atoms with E-state index in [0.717, 1.165) is 30.9 Å². The SMILES string of the molecule is CC(C)C(=O)NCCNC1CCS(=O)CC1. The van der Waals surface area contributed by atoms with Crippen LogP contribution in [0.1, 0.15) is 26.7 Å². The fraction of sp³-hybridized carbons (Fsp3) is 0.909. The van der Waals surface area contributed by atoms with Gasteiger partial charge in [-0.3, -0.25) is 9.00 Å². The molecular weight excluding hydrogens is 224 g/mol. The topological polar surface area (TPSA) is 58.2 Å². The molecule has 2 N–H and O–H groups in total. The molecule has 1 aliphatic heterocycles. The average Bonchev–Trinajstić information content (AvgIpc) is 2.26. The fourth-order valence-electron chi connectivity index (χ4n) is 1.66. The normalized spacial score (nSPS) is 25.7. The number of hydrogen-bond donors (Lipinski definition) is 2. The Morgan fingerprint density at radius 3 is 2.50 bits per heavy atom. The van der Waals surface area contributed by atoms with Crippen molar-refractivity contribution < 1.29 is 9.00 Å². The third-order valence-corrected chi connectivity index (χ3v) is 4.15. The molecule has 0 spiro atoms. The summed E-state index contributed by atoms with van der Waals surface area (Å²) in [5, 5.41) is 6.26. The molecule has 0 radical (unpaired) electrons. The van der Waals surface area contributed by atoms with Gasteiger partial charge in [0.1, 0.15) is 0 Å². The van der Waals surface area contributed by atoms with Crippen molar-refractivity contribution in [1.29, 1.82) is 0 Å². The van der Waals surface area contributed by atoms with Gasteiger partial charge in [-0.25, -0.2) is 0 Å². The lowest BCUT2D eigenvalue weighted by Gasteiger charge is -2.22. The second-order valence-corrected chi connectivity index (χ2v) is 6.22. The first-order valence-electron chi connectivity index (χ1n) is 5.95. The van der Waals surface area contributed by atoms with E-state index >= 15 is 0 Å². The lowest BCUT2D eigenvalue weighted by Crippen LogP contribution is -2.41. The Morgan fingerprint density at radius 2 is 1.94 bits per heavy atom. The van der Waals surface area contributed by atoms with Crippen LogP contribution in [0.15, 0.2) is 0 Å². The third kappa shape index (κ3) is 5.07.